The van der Waals surface area contributed by atoms with Crippen LogP contribution in [-0.2, 0) is 6.42 Å². The average Bonchev–Trinajstić information content (AvgIpc) is 3.33. The van der Waals surface area contributed by atoms with Gasteiger partial charge in [-0.15, -0.1) is 0 Å². The fourth-order valence-corrected chi connectivity index (χ4v) is 3.03. The van der Waals surface area contributed by atoms with E-state index in [1.54, 1.807) is 11.1 Å². The Labute approximate surface area is 121 Å². The largest absolute Gasteiger partial charge is 0.338 e. The second-order valence-electron chi connectivity index (χ2n) is 5.95. The van der Waals surface area contributed by atoms with E-state index in [0.29, 0.717) is 0 Å². The Morgan fingerprint density at radius 1 is 1.00 bits per heavy atom. The molecule has 1 heterocycles. The van der Waals surface area contributed by atoms with Crippen molar-refractivity contribution in [1.82, 2.24) is 4.90 Å². The first-order chi connectivity index (χ1) is 9.78. The third-order valence-electron chi connectivity index (χ3n) is 4.39. The highest BCUT2D eigenvalue weighted by molar-refractivity contribution is 5.94. The summed E-state index contributed by atoms with van der Waals surface area (Å²) < 4.78 is 0. The van der Waals surface area contributed by atoms with Gasteiger partial charge in [-0.1, -0.05) is 36.6 Å². The highest BCUT2D eigenvalue weighted by atomic mass is 16.2. The van der Waals surface area contributed by atoms with E-state index in [1.807, 2.05) is 17.0 Å². The Morgan fingerprint density at radius 2 is 1.60 bits per heavy atom. The van der Waals surface area contributed by atoms with Crippen molar-refractivity contribution < 1.29 is 4.79 Å². The number of benzene rings is 1. The van der Waals surface area contributed by atoms with Crippen LogP contribution in [0, 0.1) is 0 Å². The second kappa shape index (κ2) is 5.82. The summed E-state index contributed by atoms with van der Waals surface area (Å²) in [5.41, 5.74) is 5.46. The van der Waals surface area contributed by atoms with Crippen LogP contribution in [0.5, 0.6) is 0 Å². The maximum atomic E-state index is 12.5. The average molecular weight is 269 g/mol. The van der Waals surface area contributed by atoms with Crippen LogP contribution < -0.4 is 0 Å². The van der Waals surface area contributed by atoms with E-state index in [4.69, 9.17) is 0 Å². The van der Waals surface area contributed by atoms with Gasteiger partial charge in [0, 0.05) is 18.7 Å². The van der Waals surface area contributed by atoms with E-state index in [1.165, 1.54) is 18.4 Å². The Hall–Kier alpha value is -1.57. The van der Waals surface area contributed by atoms with E-state index < -0.39 is 0 Å². The van der Waals surface area contributed by atoms with E-state index >= 15 is 0 Å². The van der Waals surface area contributed by atoms with Gasteiger partial charge in [0.05, 0.1) is 0 Å². The molecule has 1 aliphatic heterocycles. The zero-order valence-corrected chi connectivity index (χ0v) is 12.3. The molecule has 3 rings (SSSR count). The molecule has 0 bridgehead atoms. The van der Waals surface area contributed by atoms with Crippen LogP contribution in [-0.4, -0.2) is 23.9 Å². The van der Waals surface area contributed by atoms with Gasteiger partial charge in [-0.2, -0.15) is 0 Å². The van der Waals surface area contributed by atoms with Crippen LogP contribution in [0.3, 0.4) is 0 Å². The lowest BCUT2D eigenvalue weighted by molar-refractivity contribution is 0.0743. The Morgan fingerprint density at radius 3 is 2.15 bits per heavy atom. The normalized spacial score (nSPS) is 18.4. The van der Waals surface area contributed by atoms with Crippen molar-refractivity contribution in [3.63, 3.8) is 0 Å². The summed E-state index contributed by atoms with van der Waals surface area (Å²) in [5, 5.41) is 0. The fraction of sp³-hybridized carbons (Fsp3) is 0.500. The first-order valence-corrected chi connectivity index (χ1v) is 7.86. The number of carbonyl (C=O) groups is 1. The maximum absolute atomic E-state index is 12.5. The van der Waals surface area contributed by atoms with Crippen molar-refractivity contribution in [3.8, 4) is 0 Å². The molecule has 0 spiro atoms. The summed E-state index contributed by atoms with van der Waals surface area (Å²) in [4.78, 5) is 14.5. The van der Waals surface area contributed by atoms with Crippen LogP contribution >= 0.6 is 0 Å². The van der Waals surface area contributed by atoms with Crippen molar-refractivity contribution >= 4 is 5.91 Å². The topological polar surface area (TPSA) is 20.3 Å². The lowest BCUT2D eigenvalue weighted by atomic mass is 10.0. The number of likely N-dealkylation sites (tertiary alicyclic amines) is 1. The minimum absolute atomic E-state index is 0.202. The molecule has 0 aromatic heterocycles. The molecular weight excluding hydrogens is 246 g/mol. The molecule has 1 aliphatic carbocycles. The number of aryl methyl sites for hydroxylation is 1. The minimum Gasteiger partial charge on any atom is -0.338 e. The highest BCUT2D eigenvalue weighted by Gasteiger charge is 2.24. The number of nitrogens with zero attached hydrogens (tertiary/aromatic N) is 1. The zero-order valence-electron chi connectivity index (χ0n) is 12.3. The van der Waals surface area contributed by atoms with Crippen molar-refractivity contribution in [3.05, 3.63) is 46.5 Å². The quantitative estimate of drug-likeness (QED) is 0.760. The molecule has 0 N–H and O–H groups in total. The Bertz CT molecular complexity index is 511. The molecule has 1 aromatic rings. The van der Waals surface area contributed by atoms with E-state index in [9.17, 15) is 4.79 Å². The standard InChI is InChI=1S/C18H23NO/c1-2-3-14-4-6-17(7-5-14)18(20)19-12-10-16(11-13-19)15-8-9-15/h4-7H,2-3,8-13H2,1H3. The number of allylic oxidation sites excluding steroid dienone is 1. The molecular formula is C18H23NO. The molecule has 1 saturated carbocycles. The summed E-state index contributed by atoms with van der Waals surface area (Å²) in [7, 11) is 0. The molecule has 2 aliphatic rings. The number of amides is 1. The van der Waals surface area contributed by atoms with Crippen molar-refractivity contribution in [1.29, 1.82) is 0 Å². The molecule has 0 radical (unpaired) electrons. The molecule has 0 atom stereocenters. The molecule has 2 nitrogen and oxygen atoms in total. The Balaban J connectivity index is 1.62. The van der Waals surface area contributed by atoms with Gasteiger partial charge in [0.25, 0.3) is 5.91 Å². The van der Waals surface area contributed by atoms with Crippen molar-refractivity contribution in [2.45, 2.75) is 45.4 Å². The van der Waals surface area contributed by atoms with Gasteiger partial charge in [-0.3, -0.25) is 4.79 Å². The summed E-state index contributed by atoms with van der Waals surface area (Å²) in [5.74, 6) is 0.202. The van der Waals surface area contributed by atoms with Crippen LogP contribution in [0.2, 0.25) is 0 Å². The lowest BCUT2D eigenvalue weighted by Crippen LogP contribution is -2.36. The van der Waals surface area contributed by atoms with Gasteiger partial charge in [-0.25, -0.2) is 0 Å². The van der Waals surface area contributed by atoms with Gasteiger partial charge in [0.2, 0.25) is 0 Å². The summed E-state index contributed by atoms with van der Waals surface area (Å²) in [6.45, 7) is 3.97. The Kier molecular flexibility index (Phi) is 3.90. The van der Waals surface area contributed by atoms with Gasteiger partial charge in [0.15, 0.2) is 0 Å². The maximum Gasteiger partial charge on any atom is 0.253 e. The number of hydrogen-bond donors (Lipinski definition) is 0. The fourth-order valence-electron chi connectivity index (χ4n) is 3.03. The molecule has 0 unspecified atom stereocenters. The van der Waals surface area contributed by atoms with Gasteiger partial charge < -0.3 is 4.90 Å². The SMILES string of the molecule is CCCc1ccc(C(=O)N2CCC(=C3CC3)CC2)cc1. The number of hydrogen-bond acceptors (Lipinski definition) is 1. The summed E-state index contributed by atoms with van der Waals surface area (Å²) in [6, 6.07) is 8.17. The number of carbonyl (C=O) groups excluding carboxylic acids is 1. The van der Waals surface area contributed by atoms with Crippen LogP contribution in [0.1, 0.15) is 54.9 Å². The second-order valence-corrected chi connectivity index (χ2v) is 5.95. The van der Waals surface area contributed by atoms with Crippen LogP contribution in [0.15, 0.2) is 35.4 Å². The molecule has 2 heteroatoms. The van der Waals surface area contributed by atoms with E-state index in [-0.39, 0.29) is 5.91 Å². The summed E-state index contributed by atoms with van der Waals surface area (Å²) >= 11 is 0. The third kappa shape index (κ3) is 2.95. The van der Waals surface area contributed by atoms with Crippen LogP contribution in [0.25, 0.3) is 0 Å². The predicted octanol–water partition coefficient (Wildman–Crippen LogP) is 3.97. The lowest BCUT2D eigenvalue weighted by Gasteiger charge is -2.28. The smallest absolute Gasteiger partial charge is 0.253 e. The zero-order chi connectivity index (χ0) is 13.9. The van der Waals surface area contributed by atoms with Gasteiger partial charge >= 0.3 is 0 Å². The van der Waals surface area contributed by atoms with E-state index in [0.717, 1.165) is 44.3 Å². The van der Waals surface area contributed by atoms with Crippen LogP contribution in [0.4, 0.5) is 0 Å². The third-order valence-corrected chi connectivity index (χ3v) is 4.39. The first kappa shape index (κ1) is 13.4. The first-order valence-electron chi connectivity index (χ1n) is 7.86. The summed E-state index contributed by atoms with van der Waals surface area (Å²) in [6.07, 6.45) is 7.04. The van der Waals surface area contributed by atoms with E-state index in [2.05, 4.69) is 19.1 Å². The highest BCUT2D eigenvalue weighted by Crippen LogP contribution is 2.36. The predicted molar refractivity (Wildman–Crippen MR) is 81.8 cm³/mol. The molecule has 1 saturated heterocycles. The van der Waals surface area contributed by atoms with Gasteiger partial charge in [-0.05, 0) is 49.8 Å². The minimum atomic E-state index is 0.202. The van der Waals surface area contributed by atoms with Crippen molar-refractivity contribution in [2.75, 3.05) is 13.1 Å². The molecule has 2 fully saturated rings. The number of piperidine rings is 1. The van der Waals surface area contributed by atoms with Crippen molar-refractivity contribution in [2.24, 2.45) is 0 Å². The molecule has 20 heavy (non-hydrogen) atoms. The molecule has 1 amide bonds. The van der Waals surface area contributed by atoms with Gasteiger partial charge in [0.1, 0.15) is 0 Å². The molecule has 106 valence electrons. The molecule has 1 aromatic carbocycles. The number of rotatable bonds is 3. The monoisotopic (exact) mass is 269 g/mol.